The molecule has 2 aromatic rings. The molecule has 1 aromatic carbocycles. The Hall–Kier alpha value is -1.66. The van der Waals surface area contributed by atoms with Crippen LogP contribution in [0.4, 0.5) is 0 Å². The van der Waals surface area contributed by atoms with E-state index in [1.165, 1.54) is 0 Å². The molecule has 2 unspecified atom stereocenters. The molecule has 1 aromatic heterocycles. The number of aryl methyl sites for hydroxylation is 1. The van der Waals surface area contributed by atoms with Crippen LogP contribution in [0.25, 0.3) is 0 Å². The van der Waals surface area contributed by atoms with E-state index in [9.17, 15) is 8.42 Å². The normalized spacial score (nSPS) is 21.7. The van der Waals surface area contributed by atoms with E-state index >= 15 is 0 Å². The molecule has 1 aliphatic heterocycles. The molecular formula is C15H18N2O3S. The van der Waals surface area contributed by atoms with Crippen molar-refractivity contribution in [2.45, 2.75) is 37.2 Å². The Balaban J connectivity index is 1.87. The van der Waals surface area contributed by atoms with E-state index in [0.29, 0.717) is 17.2 Å². The molecule has 0 amide bonds. The Bertz CT molecular complexity index is 752. The summed E-state index contributed by atoms with van der Waals surface area (Å²) in [5, 5.41) is 3.42. The molecule has 2 heterocycles. The minimum atomic E-state index is -3.15. The predicted molar refractivity (Wildman–Crippen MR) is 78.6 cm³/mol. The van der Waals surface area contributed by atoms with Crippen molar-refractivity contribution in [3.8, 4) is 0 Å². The van der Waals surface area contributed by atoms with E-state index in [1.54, 1.807) is 18.3 Å². The molecule has 0 radical (unpaired) electrons. The predicted octanol–water partition coefficient (Wildman–Crippen LogP) is 2.55. The first kappa shape index (κ1) is 14.3. The third-order valence-corrected chi connectivity index (χ3v) is 5.58. The van der Waals surface area contributed by atoms with Crippen LogP contribution in [0, 0.1) is 6.92 Å². The van der Waals surface area contributed by atoms with Gasteiger partial charge in [0.25, 0.3) is 0 Å². The maximum atomic E-state index is 12.1. The number of sulfone groups is 1. The van der Waals surface area contributed by atoms with Crippen LogP contribution in [-0.2, 0) is 9.84 Å². The molecule has 0 spiro atoms. The zero-order chi connectivity index (χ0) is 15.0. The largest absolute Gasteiger partial charge is 0.444 e. The molecule has 0 saturated heterocycles. The lowest BCUT2D eigenvalue weighted by Gasteiger charge is -2.28. The molecule has 2 atom stereocenters. The lowest BCUT2D eigenvalue weighted by atomic mass is 10.0. The molecule has 0 aliphatic carbocycles. The molecule has 0 bridgehead atoms. The molecule has 1 aliphatic rings. The zero-order valence-corrected chi connectivity index (χ0v) is 12.9. The Morgan fingerprint density at radius 3 is 2.86 bits per heavy atom. The van der Waals surface area contributed by atoms with Gasteiger partial charge in [0.05, 0.1) is 22.9 Å². The van der Waals surface area contributed by atoms with Crippen LogP contribution in [0.1, 0.15) is 42.6 Å². The van der Waals surface area contributed by atoms with Crippen molar-refractivity contribution in [3.05, 3.63) is 47.7 Å². The average Bonchev–Trinajstić information content (AvgIpc) is 2.89. The summed E-state index contributed by atoms with van der Waals surface area (Å²) in [7, 11) is -3.15. The molecular weight excluding hydrogens is 288 g/mol. The van der Waals surface area contributed by atoms with Crippen LogP contribution in [-0.4, -0.2) is 19.2 Å². The first-order chi connectivity index (χ1) is 9.97. The fourth-order valence-electron chi connectivity index (χ4n) is 2.71. The van der Waals surface area contributed by atoms with E-state index in [4.69, 9.17) is 4.42 Å². The van der Waals surface area contributed by atoms with Gasteiger partial charge in [0.1, 0.15) is 5.76 Å². The van der Waals surface area contributed by atoms with Gasteiger partial charge in [-0.05, 0) is 31.9 Å². The summed E-state index contributed by atoms with van der Waals surface area (Å²) < 4.78 is 29.8. The van der Waals surface area contributed by atoms with Crippen LogP contribution in [0.5, 0.6) is 0 Å². The van der Waals surface area contributed by atoms with E-state index in [0.717, 1.165) is 11.3 Å². The number of benzene rings is 1. The van der Waals surface area contributed by atoms with Crippen LogP contribution >= 0.6 is 0 Å². The summed E-state index contributed by atoms with van der Waals surface area (Å²) in [6.45, 7) is 3.82. The topological polar surface area (TPSA) is 72.2 Å². The summed E-state index contributed by atoms with van der Waals surface area (Å²) in [6, 6.07) is 7.11. The van der Waals surface area contributed by atoms with Crippen molar-refractivity contribution < 1.29 is 12.8 Å². The molecule has 5 nitrogen and oxygen atoms in total. The summed E-state index contributed by atoms with van der Waals surface area (Å²) in [5.41, 5.74) is 0.832. The van der Waals surface area contributed by atoms with Gasteiger partial charge in [0.15, 0.2) is 9.84 Å². The number of nitrogens with one attached hydrogen (secondary N) is 1. The van der Waals surface area contributed by atoms with Gasteiger partial charge >= 0.3 is 0 Å². The maximum Gasteiger partial charge on any atom is 0.211 e. The van der Waals surface area contributed by atoms with Crippen LogP contribution in [0.2, 0.25) is 0 Å². The summed E-state index contributed by atoms with van der Waals surface area (Å²) in [5.74, 6) is 1.56. The lowest BCUT2D eigenvalue weighted by molar-refractivity contribution is 0.363. The van der Waals surface area contributed by atoms with Gasteiger partial charge in [-0.1, -0.05) is 18.2 Å². The minimum absolute atomic E-state index is 0.00747. The fourth-order valence-corrected chi connectivity index (χ4v) is 4.33. The van der Waals surface area contributed by atoms with Gasteiger partial charge in [0, 0.05) is 6.04 Å². The van der Waals surface area contributed by atoms with Crippen molar-refractivity contribution in [3.63, 3.8) is 0 Å². The zero-order valence-electron chi connectivity index (χ0n) is 12.0. The van der Waals surface area contributed by atoms with E-state index < -0.39 is 9.84 Å². The second kappa shape index (κ2) is 5.27. The highest BCUT2D eigenvalue weighted by Crippen LogP contribution is 2.33. The fraction of sp³-hybridized carbons (Fsp3) is 0.400. The van der Waals surface area contributed by atoms with Crippen LogP contribution < -0.4 is 5.32 Å². The molecule has 3 rings (SSSR count). The third kappa shape index (κ3) is 2.73. The van der Waals surface area contributed by atoms with Gasteiger partial charge in [-0.15, -0.1) is 0 Å². The number of hydrogen-bond acceptors (Lipinski definition) is 5. The number of rotatable bonds is 3. The minimum Gasteiger partial charge on any atom is -0.444 e. The van der Waals surface area contributed by atoms with Gasteiger partial charge in [-0.3, -0.25) is 5.32 Å². The smallest absolute Gasteiger partial charge is 0.211 e. The maximum absolute atomic E-state index is 12.1. The van der Waals surface area contributed by atoms with Crippen molar-refractivity contribution in [1.82, 2.24) is 10.3 Å². The first-order valence-electron chi connectivity index (χ1n) is 6.97. The van der Waals surface area contributed by atoms with Crippen molar-refractivity contribution in [1.29, 1.82) is 0 Å². The number of fused-ring (bicyclic) bond motifs is 1. The van der Waals surface area contributed by atoms with Crippen LogP contribution in [0.15, 0.2) is 39.8 Å². The molecule has 21 heavy (non-hydrogen) atoms. The van der Waals surface area contributed by atoms with Crippen molar-refractivity contribution >= 4 is 9.84 Å². The van der Waals surface area contributed by atoms with Gasteiger partial charge in [-0.25, -0.2) is 13.4 Å². The van der Waals surface area contributed by atoms with Crippen molar-refractivity contribution in [2.75, 3.05) is 5.75 Å². The number of nitrogens with zero attached hydrogens (tertiary/aromatic N) is 1. The van der Waals surface area contributed by atoms with E-state index in [2.05, 4.69) is 10.3 Å². The molecule has 1 N–H and O–H groups in total. The summed E-state index contributed by atoms with van der Waals surface area (Å²) in [6.07, 6.45) is 2.25. The summed E-state index contributed by atoms with van der Waals surface area (Å²) in [4.78, 5) is 4.65. The second-order valence-corrected chi connectivity index (χ2v) is 7.47. The SMILES string of the molecule is Cc1cnc(C(C)NC2CCS(=O)(=O)c3ccccc32)o1. The van der Waals surface area contributed by atoms with Crippen molar-refractivity contribution in [2.24, 2.45) is 0 Å². The highest BCUT2D eigenvalue weighted by Gasteiger charge is 2.31. The lowest BCUT2D eigenvalue weighted by Crippen LogP contribution is -2.31. The third-order valence-electron chi connectivity index (χ3n) is 3.77. The molecule has 6 heteroatoms. The average molecular weight is 306 g/mol. The second-order valence-electron chi connectivity index (χ2n) is 5.40. The van der Waals surface area contributed by atoms with E-state index in [1.807, 2.05) is 26.0 Å². The number of hydrogen-bond donors (Lipinski definition) is 1. The number of oxazole rings is 1. The highest BCUT2D eigenvalue weighted by molar-refractivity contribution is 7.91. The van der Waals surface area contributed by atoms with Gasteiger partial charge in [-0.2, -0.15) is 0 Å². The summed E-state index contributed by atoms with van der Waals surface area (Å²) >= 11 is 0. The van der Waals surface area contributed by atoms with Gasteiger partial charge < -0.3 is 4.42 Å². The van der Waals surface area contributed by atoms with Crippen LogP contribution in [0.3, 0.4) is 0 Å². The van der Waals surface area contributed by atoms with Gasteiger partial charge in [0.2, 0.25) is 5.89 Å². The first-order valence-corrected chi connectivity index (χ1v) is 8.62. The number of aromatic nitrogens is 1. The highest BCUT2D eigenvalue weighted by atomic mass is 32.2. The molecule has 0 saturated carbocycles. The standard InChI is InChI=1S/C15H18N2O3S/c1-10-9-16-15(20-10)11(2)17-13-7-8-21(18,19)14-6-4-3-5-12(13)14/h3-6,9,11,13,17H,7-8H2,1-2H3. The Kier molecular flexibility index (Phi) is 3.59. The molecule has 112 valence electrons. The quantitative estimate of drug-likeness (QED) is 0.943. The molecule has 0 fully saturated rings. The Morgan fingerprint density at radius 1 is 1.38 bits per heavy atom. The monoisotopic (exact) mass is 306 g/mol. The van der Waals surface area contributed by atoms with E-state index in [-0.39, 0.29) is 17.8 Å². The Morgan fingerprint density at radius 2 is 2.14 bits per heavy atom. The Labute approximate surface area is 124 Å².